The lowest BCUT2D eigenvalue weighted by molar-refractivity contribution is -0.126. The molecule has 17 heavy (non-hydrogen) atoms. The van der Waals surface area contributed by atoms with Gasteiger partial charge in [0.15, 0.2) is 0 Å². The number of benzene rings is 1. The van der Waals surface area contributed by atoms with E-state index in [1.54, 1.807) is 7.11 Å². The summed E-state index contributed by atoms with van der Waals surface area (Å²) in [6.45, 7) is 4.43. The van der Waals surface area contributed by atoms with Gasteiger partial charge in [0.2, 0.25) is 5.91 Å². The van der Waals surface area contributed by atoms with Gasteiger partial charge in [-0.2, -0.15) is 0 Å². The summed E-state index contributed by atoms with van der Waals surface area (Å²) in [6.07, 6.45) is 0. The van der Waals surface area contributed by atoms with Crippen molar-refractivity contribution in [2.45, 2.75) is 19.9 Å². The third kappa shape index (κ3) is 4.44. The first-order valence-electron chi connectivity index (χ1n) is 5.68. The van der Waals surface area contributed by atoms with Crippen molar-refractivity contribution in [2.24, 2.45) is 0 Å². The highest BCUT2D eigenvalue weighted by molar-refractivity contribution is 5.77. The van der Waals surface area contributed by atoms with Crippen LogP contribution in [0, 0.1) is 0 Å². The summed E-state index contributed by atoms with van der Waals surface area (Å²) in [7, 11) is 1.62. The second-order valence-electron chi connectivity index (χ2n) is 3.70. The smallest absolute Gasteiger partial charge is 0.246 e. The predicted octanol–water partition coefficient (Wildman–Crippen LogP) is 1.91. The summed E-state index contributed by atoms with van der Waals surface area (Å²) in [5.41, 5.74) is 1.01. The third-order valence-electron chi connectivity index (χ3n) is 2.41. The van der Waals surface area contributed by atoms with Crippen molar-refractivity contribution in [2.75, 3.05) is 20.3 Å². The van der Waals surface area contributed by atoms with E-state index < -0.39 is 0 Å². The number of methoxy groups -OCH3 is 1. The van der Waals surface area contributed by atoms with Crippen LogP contribution in [-0.4, -0.2) is 26.2 Å². The summed E-state index contributed by atoms with van der Waals surface area (Å²) in [4.78, 5) is 11.5. The Hall–Kier alpha value is -1.55. The molecular formula is C13H19NO3. The molecule has 0 aliphatic heterocycles. The van der Waals surface area contributed by atoms with Gasteiger partial charge in [-0.15, -0.1) is 0 Å². The predicted molar refractivity (Wildman–Crippen MR) is 66.0 cm³/mol. The first kappa shape index (κ1) is 13.5. The van der Waals surface area contributed by atoms with Gasteiger partial charge in [-0.05, 0) is 31.5 Å². The Kier molecular flexibility index (Phi) is 5.49. The molecule has 94 valence electrons. The van der Waals surface area contributed by atoms with Crippen LogP contribution in [0.15, 0.2) is 24.3 Å². The Balaban J connectivity index is 2.56. The van der Waals surface area contributed by atoms with Crippen LogP contribution in [-0.2, 0) is 9.53 Å². The van der Waals surface area contributed by atoms with E-state index in [4.69, 9.17) is 9.47 Å². The Labute approximate surface area is 102 Å². The molecule has 0 radical (unpaired) electrons. The van der Waals surface area contributed by atoms with Crippen LogP contribution in [0.5, 0.6) is 5.75 Å². The lowest BCUT2D eigenvalue weighted by atomic mass is 10.1. The fraction of sp³-hybridized carbons (Fsp3) is 0.462. The quantitative estimate of drug-likeness (QED) is 0.822. The minimum absolute atomic E-state index is 0.0574. The molecule has 0 saturated heterocycles. The number of carbonyl (C=O) groups excluding carboxylic acids is 1. The van der Waals surface area contributed by atoms with Crippen LogP contribution in [0.3, 0.4) is 0 Å². The molecule has 1 amide bonds. The molecule has 0 unspecified atom stereocenters. The van der Waals surface area contributed by atoms with Crippen molar-refractivity contribution in [1.29, 1.82) is 0 Å². The van der Waals surface area contributed by atoms with Crippen molar-refractivity contribution in [3.05, 3.63) is 29.8 Å². The van der Waals surface area contributed by atoms with E-state index >= 15 is 0 Å². The molecule has 1 aromatic rings. The summed E-state index contributed by atoms with van der Waals surface area (Å²) < 4.78 is 10.2. The van der Waals surface area contributed by atoms with Crippen LogP contribution in [0.1, 0.15) is 25.5 Å². The van der Waals surface area contributed by atoms with E-state index in [1.165, 1.54) is 0 Å². The zero-order valence-corrected chi connectivity index (χ0v) is 10.5. The molecule has 1 rings (SSSR count). The molecule has 0 heterocycles. The van der Waals surface area contributed by atoms with Gasteiger partial charge in [0.1, 0.15) is 12.4 Å². The largest absolute Gasteiger partial charge is 0.497 e. The first-order chi connectivity index (χ1) is 8.17. The van der Waals surface area contributed by atoms with Crippen molar-refractivity contribution in [1.82, 2.24) is 5.32 Å². The fourth-order valence-corrected chi connectivity index (χ4v) is 1.47. The van der Waals surface area contributed by atoms with E-state index in [9.17, 15) is 4.79 Å². The second kappa shape index (κ2) is 6.91. The maximum absolute atomic E-state index is 11.5. The highest BCUT2D eigenvalue weighted by atomic mass is 16.5. The molecule has 0 fully saturated rings. The zero-order chi connectivity index (χ0) is 12.7. The van der Waals surface area contributed by atoms with Gasteiger partial charge >= 0.3 is 0 Å². The number of ether oxygens (including phenoxy) is 2. The van der Waals surface area contributed by atoms with E-state index in [-0.39, 0.29) is 18.6 Å². The summed E-state index contributed by atoms with van der Waals surface area (Å²) in [6, 6.07) is 7.58. The summed E-state index contributed by atoms with van der Waals surface area (Å²) >= 11 is 0. The molecule has 0 saturated carbocycles. The number of amides is 1. The third-order valence-corrected chi connectivity index (χ3v) is 2.41. The molecule has 0 spiro atoms. The fourth-order valence-electron chi connectivity index (χ4n) is 1.47. The Morgan fingerprint density at radius 2 is 2.24 bits per heavy atom. The molecule has 0 bridgehead atoms. The van der Waals surface area contributed by atoms with E-state index in [0.717, 1.165) is 11.3 Å². The topological polar surface area (TPSA) is 47.6 Å². The number of nitrogens with one attached hydrogen (secondary N) is 1. The van der Waals surface area contributed by atoms with Crippen molar-refractivity contribution in [3.63, 3.8) is 0 Å². The van der Waals surface area contributed by atoms with Crippen LogP contribution in [0.25, 0.3) is 0 Å². The normalized spacial score (nSPS) is 11.9. The molecule has 1 aromatic carbocycles. The summed E-state index contributed by atoms with van der Waals surface area (Å²) in [5.74, 6) is 0.676. The van der Waals surface area contributed by atoms with Crippen LogP contribution >= 0.6 is 0 Å². The highest BCUT2D eigenvalue weighted by Gasteiger charge is 2.09. The SMILES string of the molecule is CCOCC(=O)N[C@H](C)c1cccc(OC)c1. The molecule has 4 heteroatoms. The number of hydrogen-bond donors (Lipinski definition) is 1. The number of rotatable bonds is 6. The van der Waals surface area contributed by atoms with Crippen molar-refractivity contribution < 1.29 is 14.3 Å². The van der Waals surface area contributed by atoms with Gasteiger partial charge in [0.05, 0.1) is 13.2 Å². The van der Waals surface area contributed by atoms with Crippen LogP contribution in [0.2, 0.25) is 0 Å². The molecular weight excluding hydrogens is 218 g/mol. The lowest BCUT2D eigenvalue weighted by Crippen LogP contribution is -2.30. The monoisotopic (exact) mass is 237 g/mol. The van der Waals surface area contributed by atoms with E-state index in [2.05, 4.69) is 5.32 Å². The van der Waals surface area contributed by atoms with Gasteiger partial charge in [0.25, 0.3) is 0 Å². The van der Waals surface area contributed by atoms with Crippen LogP contribution < -0.4 is 10.1 Å². The molecule has 1 atom stereocenters. The average molecular weight is 237 g/mol. The molecule has 4 nitrogen and oxygen atoms in total. The Morgan fingerprint density at radius 3 is 2.88 bits per heavy atom. The molecule has 0 aliphatic carbocycles. The Bertz CT molecular complexity index is 365. The maximum Gasteiger partial charge on any atom is 0.246 e. The van der Waals surface area contributed by atoms with Gasteiger partial charge in [0, 0.05) is 6.61 Å². The average Bonchev–Trinajstić information content (AvgIpc) is 2.36. The minimum atomic E-state index is -0.109. The van der Waals surface area contributed by atoms with Gasteiger partial charge < -0.3 is 14.8 Å². The maximum atomic E-state index is 11.5. The lowest BCUT2D eigenvalue weighted by Gasteiger charge is -2.15. The second-order valence-corrected chi connectivity index (χ2v) is 3.70. The highest BCUT2D eigenvalue weighted by Crippen LogP contribution is 2.18. The molecule has 1 N–H and O–H groups in total. The van der Waals surface area contributed by atoms with Crippen molar-refractivity contribution >= 4 is 5.91 Å². The first-order valence-corrected chi connectivity index (χ1v) is 5.68. The standard InChI is InChI=1S/C13H19NO3/c1-4-17-9-13(15)14-10(2)11-6-5-7-12(8-11)16-3/h5-8,10H,4,9H2,1-3H3,(H,14,15)/t10-/m1/s1. The number of hydrogen-bond acceptors (Lipinski definition) is 3. The minimum Gasteiger partial charge on any atom is -0.497 e. The van der Waals surface area contributed by atoms with E-state index in [1.807, 2.05) is 38.1 Å². The molecule has 0 aliphatic rings. The van der Waals surface area contributed by atoms with Gasteiger partial charge in [-0.1, -0.05) is 12.1 Å². The van der Waals surface area contributed by atoms with E-state index in [0.29, 0.717) is 6.61 Å². The van der Waals surface area contributed by atoms with Gasteiger partial charge in [-0.25, -0.2) is 0 Å². The summed E-state index contributed by atoms with van der Waals surface area (Å²) in [5, 5.41) is 2.86. The number of carbonyl (C=O) groups is 1. The van der Waals surface area contributed by atoms with Crippen LogP contribution in [0.4, 0.5) is 0 Å². The molecule has 0 aromatic heterocycles. The van der Waals surface area contributed by atoms with Crippen molar-refractivity contribution in [3.8, 4) is 5.75 Å². The Morgan fingerprint density at radius 1 is 1.47 bits per heavy atom. The zero-order valence-electron chi connectivity index (χ0n) is 10.5. The van der Waals surface area contributed by atoms with Gasteiger partial charge in [-0.3, -0.25) is 4.79 Å².